The van der Waals surface area contributed by atoms with Crippen LogP contribution in [0, 0.1) is 6.92 Å². The minimum Gasteiger partial charge on any atom is -0.464 e. The van der Waals surface area contributed by atoms with Crippen molar-refractivity contribution in [3.05, 3.63) is 57.5 Å². The number of hydrogen-bond donors (Lipinski definition) is 1. The van der Waals surface area contributed by atoms with Crippen LogP contribution in [0.2, 0.25) is 10.0 Å². The molecule has 8 heteroatoms. The Balaban J connectivity index is 2.10. The van der Waals surface area contributed by atoms with E-state index >= 15 is 0 Å². The van der Waals surface area contributed by atoms with E-state index in [2.05, 4.69) is 5.32 Å². The first-order chi connectivity index (χ1) is 12.8. The zero-order valence-corrected chi connectivity index (χ0v) is 17.7. The van der Waals surface area contributed by atoms with E-state index in [0.29, 0.717) is 23.7 Å². The Bertz CT molecular complexity index is 810. The Hall–Kier alpha value is -1.63. The smallest absolute Gasteiger partial charge is 0.253 e. The predicted octanol–water partition coefficient (Wildman–Crippen LogP) is 4.40. The van der Waals surface area contributed by atoms with Gasteiger partial charge in [-0.1, -0.05) is 23.2 Å². The molecule has 2 amide bonds. The molecule has 0 radical (unpaired) electrons. The van der Waals surface area contributed by atoms with Crippen molar-refractivity contribution in [2.75, 3.05) is 19.1 Å². The third-order valence-electron chi connectivity index (χ3n) is 3.96. The summed E-state index contributed by atoms with van der Waals surface area (Å²) < 4.78 is 5.53. The molecule has 0 unspecified atom stereocenters. The van der Waals surface area contributed by atoms with Gasteiger partial charge in [0, 0.05) is 12.1 Å². The highest BCUT2D eigenvalue weighted by Gasteiger charge is 2.25. The van der Waals surface area contributed by atoms with Gasteiger partial charge in [-0.2, -0.15) is 11.8 Å². The molecule has 0 aliphatic heterocycles. The van der Waals surface area contributed by atoms with Crippen LogP contribution in [-0.4, -0.2) is 41.8 Å². The van der Waals surface area contributed by atoms with Crippen LogP contribution in [0.4, 0.5) is 0 Å². The fourth-order valence-electron chi connectivity index (χ4n) is 2.55. The van der Waals surface area contributed by atoms with E-state index in [-0.39, 0.29) is 16.5 Å². The van der Waals surface area contributed by atoms with Gasteiger partial charge in [0.15, 0.2) is 0 Å². The number of thioether (sulfide) groups is 1. The lowest BCUT2D eigenvalue weighted by Crippen LogP contribution is -2.47. The molecule has 2 aromatic rings. The normalized spacial score (nSPS) is 11.9. The van der Waals surface area contributed by atoms with Crippen LogP contribution in [-0.2, 0) is 11.3 Å². The zero-order chi connectivity index (χ0) is 20.0. The molecule has 1 aromatic carbocycles. The van der Waals surface area contributed by atoms with Gasteiger partial charge in [-0.25, -0.2) is 0 Å². The molecule has 0 aliphatic carbocycles. The molecule has 0 aliphatic rings. The van der Waals surface area contributed by atoms with Crippen molar-refractivity contribution in [2.24, 2.45) is 0 Å². The lowest BCUT2D eigenvalue weighted by Gasteiger charge is -2.24. The molecule has 27 heavy (non-hydrogen) atoms. The molecule has 0 saturated carbocycles. The van der Waals surface area contributed by atoms with Crippen molar-refractivity contribution in [3.63, 3.8) is 0 Å². The van der Waals surface area contributed by atoms with Crippen molar-refractivity contribution in [1.29, 1.82) is 0 Å². The van der Waals surface area contributed by atoms with Crippen LogP contribution in [0.1, 0.15) is 28.3 Å². The molecule has 1 aromatic heterocycles. The fourth-order valence-corrected chi connectivity index (χ4v) is 3.52. The average molecular weight is 429 g/mol. The van der Waals surface area contributed by atoms with E-state index < -0.39 is 11.9 Å². The predicted molar refractivity (Wildman–Crippen MR) is 111 cm³/mol. The fraction of sp³-hybridized carbons (Fsp3) is 0.368. The zero-order valence-electron chi connectivity index (χ0n) is 15.4. The Morgan fingerprint density at radius 2 is 2.00 bits per heavy atom. The number of rotatable bonds is 8. The molecule has 0 spiro atoms. The van der Waals surface area contributed by atoms with Gasteiger partial charge in [-0.3, -0.25) is 9.59 Å². The Labute approximate surface area is 173 Å². The second-order valence-corrected chi connectivity index (χ2v) is 7.97. The molecule has 0 fully saturated rings. The highest BCUT2D eigenvalue weighted by molar-refractivity contribution is 7.98. The van der Waals surface area contributed by atoms with E-state index in [9.17, 15) is 9.59 Å². The van der Waals surface area contributed by atoms with Gasteiger partial charge in [-0.05, 0) is 55.7 Å². The third-order valence-corrected chi connectivity index (χ3v) is 5.15. The van der Waals surface area contributed by atoms with Gasteiger partial charge in [0.1, 0.15) is 17.6 Å². The van der Waals surface area contributed by atoms with Crippen LogP contribution < -0.4 is 5.32 Å². The largest absolute Gasteiger partial charge is 0.464 e. The Morgan fingerprint density at radius 3 is 2.59 bits per heavy atom. The summed E-state index contributed by atoms with van der Waals surface area (Å²) in [4.78, 5) is 27.0. The van der Waals surface area contributed by atoms with Crippen LogP contribution >= 0.6 is 35.0 Å². The number of aryl methyl sites for hydroxylation is 1. The van der Waals surface area contributed by atoms with Gasteiger partial charge in [-0.15, -0.1) is 0 Å². The van der Waals surface area contributed by atoms with Crippen molar-refractivity contribution in [2.45, 2.75) is 25.9 Å². The number of carbonyl (C=O) groups is 2. The van der Waals surface area contributed by atoms with Gasteiger partial charge < -0.3 is 14.6 Å². The van der Waals surface area contributed by atoms with Crippen LogP contribution in [0.15, 0.2) is 34.7 Å². The van der Waals surface area contributed by atoms with Crippen molar-refractivity contribution >= 4 is 46.8 Å². The second-order valence-electron chi connectivity index (χ2n) is 6.14. The number of amides is 2. The highest BCUT2D eigenvalue weighted by Crippen LogP contribution is 2.21. The maximum Gasteiger partial charge on any atom is 0.253 e. The minimum atomic E-state index is -0.655. The minimum absolute atomic E-state index is 0.184. The number of nitrogens with zero attached hydrogens (tertiary/aromatic N) is 1. The van der Waals surface area contributed by atoms with Crippen LogP contribution in [0.5, 0.6) is 0 Å². The molecule has 146 valence electrons. The summed E-state index contributed by atoms with van der Waals surface area (Å²) in [6.45, 7) is 2.18. The molecular weight excluding hydrogens is 407 g/mol. The first kappa shape index (κ1) is 21.7. The Kier molecular flexibility index (Phi) is 8.07. The van der Waals surface area contributed by atoms with Crippen LogP contribution in [0.25, 0.3) is 0 Å². The second kappa shape index (κ2) is 10.1. The highest BCUT2D eigenvalue weighted by atomic mass is 35.5. The molecule has 1 N–H and O–H groups in total. The van der Waals surface area contributed by atoms with E-state index in [4.69, 9.17) is 27.6 Å². The standard InChI is InChI=1S/C19H22Cl2N2O3S/c1-12-4-6-14(26-12)11-23(2)19(25)17(8-9-27-3)22-18(24)15-7-5-13(20)10-16(15)21/h4-7,10,17H,8-9,11H2,1-3H3,(H,22,24)/t17-/m1/s1. The first-order valence-corrected chi connectivity index (χ1v) is 10.5. The van der Waals surface area contributed by atoms with Gasteiger partial charge in [0.2, 0.25) is 5.91 Å². The first-order valence-electron chi connectivity index (χ1n) is 8.37. The summed E-state index contributed by atoms with van der Waals surface area (Å²) in [7, 11) is 1.69. The molecule has 2 rings (SSSR count). The molecular formula is C19H22Cl2N2O3S. The molecule has 0 saturated heterocycles. The molecule has 1 heterocycles. The van der Waals surface area contributed by atoms with Crippen molar-refractivity contribution in [3.8, 4) is 0 Å². The maximum atomic E-state index is 12.9. The monoisotopic (exact) mass is 428 g/mol. The van der Waals surface area contributed by atoms with Crippen molar-refractivity contribution < 1.29 is 14.0 Å². The quantitative estimate of drug-likeness (QED) is 0.676. The van der Waals surface area contributed by atoms with Gasteiger partial charge >= 0.3 is 0 Å². The number of benzene rings is 1. The number of likely N-dealkylation sites (N-methyl/N-ethyl adjacent to an activating group) is 1. The molecule has 5 nitrogen and oxygen atoms in total. The lowest BCUT2D eigenvalue weighted by atomic mass is 10.1. The van der Waals surface area contributed by atoms with Crippen LogP contribution in [0.3, 0.4) is 0 Å². The summed E-state index contributed by atoms with van der Waals surface area (Å²) in [6.07, 6.45) is 2.47. The summed E-state index contributed by atoms with van der Waals surface area (Å²) in [5.41, 5.74) is 0.285. The summed E-state index contributed by atoms with van der Waals surface area (Å²) in [5.74, 6) is 1.63. The number of furan rings is 1. The van der Waals surface area contributed by atoms with E-state index in [1.807, 2.05) is 25.3 Å². The number of carbonyl (C=O) groups excluding carboxylic acids is 2. The summed E-state index contributed by atoms with van der Waals surface area (Å²) >= 11 is 13.6. The summed E-state index contributed by atoms with van der Waals surface area (Å²) in [6, 6.07) is 7.67. The molecule has 1 atom stereocenters. The topological polar surface area (TPSA) is 62.6 Å². The van der Waals surface area contributed by atoms with E-state index in [1.165, 1.54) is 6.07 Å². The number of hydrogen-bond acceptors (Lipinski definition) is 4. The number of nitrogens with one attached hydrogen (secondary N) is 1. The Morgan fingerprint density at radius 1 is 1.26 bits per heavy atom. The van der Waals surface area contributed by atoms with E-state index in [1.54, 1.807) is 35.8 Å². The SMILES string of the molecule is CSCC[C@@H](NC(=O)c1ccc(Cl)cc1Cl)C(=O)N(C)Cc1ccc(C)o1. The summed E-state index contributed by atoms with van der Waals surface area (Å²) in [5, 5.41) is 3.49. The average Bonchev–Trinajstić information content (AvgIpc) is 3.02. The van der Waals surface area contributed by atoms with Gasteiger partial charge in [0.05, 0.1) is 17.1 Å². The van der Waals surface area contributed by atoms with Crippen molar-refractivity contribution in [1.82, 2.24) is 10.2 Å². The van der Waals surface area contributed by atoms with E-state index in [0.717, 1.165) is 11.5 Å². The maximum absolute atomic E-state index is 12.9. The number of halogens is 2. The molecule has 0 bridgehead atoms. The third kappa shape index (κ3) is 6.19. The lowest BCUT2D eigenvalue weighted by molar-refractivity contribution is -0.132. The van der Waals surface area contributed by atoms with Gasteiger partial charge in [0.25, 0.3) is 5.91 Å².